The number of halogens is 1. The number of likely N-dealkylation sites (tertiary alicyclic amines) is 1. The van der Waals surface area contributed by atoms with Gasteiger partial charge in [0.15, 0.2) is 28.4 Å². The number of anilines is 2. The van der Waals surface area contributed by atoms with E-state index in [4.69, 9.17) is 27.8 Å². The summed E-state index contributed by atoms with van der Waals surface area (Å²) in [5.74, 6) is -0.470. The maximum Gasteiger partial charge on any atom is 0.410 e. The van der Waals surface area contributed by atoms with Gasteiger partial charge in [-0.2, -0.15) is 0 Å². The average Bonchev–Trinajstić information content (AvgIpc) is 2.87. The van der Waals surface area contributed by atoms with Crippen molar-refractivity contribution in [1.29, 1.82) is 0 Å². The smallest absolute Gasteiger partial charge is 0.410 e. The number of aromatic nitrogens is 2. The van der Waals surface area contributed by atoms with E-state index in [9.17, 15) is 9.59 Å². The van der Waals surface area contributed by atoms with E-state index in [1.165, 1.54) is 5.56 Å². The fourth-order valence-electron chi connectivity index (χ4n) is 4.26. The number of guanidine groups is 1. The Morgan fingerprint density at radius 1 is 1.18 bits per heavy atom. The van der Waals surface area contributed by atoms with Gasteiger partial charge in [0.1, 0.15) is 5.60 Å². The Hall–Kier alpha value is -3.60. The van der Waals surface area contributed by atoms with Crippen LogP contribution in [0.25, 0.3) is 0 Å². The van der Waals surface area contributed by atoms with E-state index in [0.717, 1.165) is 25.7 Å². The van der Waals surface area contributed by atoms with E-state index in [-0.39, 0.29) is 40.0 Å². The van der Waals surface area contributed by atoms with Gasteiger partial charge in [-0.3, -0.25) is 15.1 Å². The summed E-state index contributed by atoms with van der Waals surface area (Å²) in [6, 6.07) is 10.2. The van der Waals surface area contributed by atoms with Crippen LogP contribution in [-0.4, -0.2) is 65.1 Å². The highest BCUT2D eigenvalue weighted by Gasteiger charge is 2.37. The Bertz CT molecular complexity index is 1160. The normalized spacial score (nSPS) is 15.6. The molecule has 1 aromatic heterocycles. The Labute approximate surface area is 228 Å². The van der Waals surface area contributed by atoms with Crippen LogP contribution in [-0.2, 0) is 11.2 Å². The number of rotatable bonds is 7. The number of nitrogens with zero attached hydrogens (tertiary/aromatic N) is 4. The van der Waals surface area contributed by atoms with Crippen LogP contribution in [0.5, 0.6) is 0 Å². The van der Waals surface area contributed by atoms with Crippen molar-refractivity contribution >= 4 is 41.2 Å². The quantitative estimate of drug-likeness (QED) is 0.304. The number of carbonyl (C=O) groups is 2. The van der Waals surface area contributed by atoms with E-state index >= 15 is 0 Å². The summed E-state index contributed by atoms with van der Waals surface area (Å²) < 4.78 is 5.55. The lowest BCUT2D eigenvalue weighted by Gasteiger charge is -2.41. The molecule has 206 valence electrons. The predicted octanol–water partition coefficient (Wildman–Crippen LogP) is 3.45. The molecule has 0 saturated carbocycles. The first-order valence-corrected chi connectivity index (χ1v) is 12.9. The lowest BCUT2D eigenvalue weighted by atomic mass is 9.74. The van der Waals surface area contributed by atoms with Crippen molar-refractivity contribution in [3.05, 3.63) is 46.7 Å². The zero-order valence-electron chi connectivity index (χ0n) is 22.4. The maximum atomic E-state index is 12.8. The summed E-state index contributed by atoms with van der Waals surface area (Å²) in [6.45, 7) is 7.06. The molecule has 2 aromatic rings. The number of nitrogen functional groups attached to an aromatic ring is 1. The van der Waals surface area contributed by atoms with Crippen molar-refractivity contribution in [1.82, 2.24) is 20.2 Å². The second-order valence-corrected chi connectivity index (χ2v) is 10.8. The number of ether oxygens (including phenoxy) is 1. The van der Waals surface area contributed by atoms with Gasteiger partial charge in [0, 0.05) is 26.7 Å². The van der Waals surface area contributed by atoms with E-state index in [2.05, 4.69) is 37.7 Å². The van der Waals surface area contributed by atoms with Crippen LogP contribution in [0.2, 0.25) is 5.15 Å². The first kappa shape index (κ1) is 29.0. The number of aliphatic imine (C=N–C) groups is 1. The molecule has 0 bridgehead atoms. The third-order valence-electron chi connectivity index (χ3n) is 6.42. The van der Waals surface area contributed by atoms with Crippen molar-refractivity contribution in [2.75, 3.05) is 37.7 Å². The molecule has 1 aromatic carbocycles. The lowest BCUT2D eigenvalue weighted by Crippen LogP contribution is -2.47. The molecule has 0 atom stereocenters. The third kappa shape index (κ3) is 7.95. The summed E-state index contributed by atoms with van der Waals surface area (Å²) in [5, 5.41) is 5.25. The van der Waals surface area contributed by atoms with E-state index in [1.54, 1.807) is 11.9 Å². The number of aryl methyl sites for hydroxylation is 1. The van der Waals surface area contributed by atoms with Gasteiger partial charge in [-0.05, 0) is 57.4 Å². The van der Waals surface area contributed by atoms with Crippen LogP contribution in [0.1, 0.15) is 56.1 Å². The van der Waals surface area contributed by atoms with Gasteiger partial charge in [0.05, 0.1) is 0 Å². The molecule has 6 N–H and O–H groups in total. The number of carbonyl (C=O) groups excluding carboxylic acids is 2. The van der Waals surface area contributed by atoms with Gasteiger partial charge in [-0.1, -0.05) is 41.9 Å². The maximum absolute atomic E-state index is 12.8. The molecule has 2 heterocycles. The molecule has 2 amide bonds. The van der Waals surface area contributed by atoms with Crippen molar-refractivity contribution < 1.29 is 14.3 Å². The van der Waals surface area contributed by atoms with Crippen LogP contribution >= 0.6 is 11.6 Å². The van der Waals surface area contributed by atoms with Crippen LogP contribution in [0, 0.1) is 5.41 Å². The van der Waals surface area contributed by atoms with Gasteiger partial charge in [0.2, 0.25) is 0 Å². The largest absolute Gasteiger partial charge is 0.444 e. The first-order valence-electron chi connectivity index (χ1n) is 12.6. The zero-order valence-corrected chi connectivity index (χ0v) is 23.1. The Morgan fingerprint density at radius 2 is 1.84 bits per heavy atom. The second kappa shape index (κ2) is 12.3. The van der Waals surface area contributed by atoms with Crippen LogP contribution in [0.15, 0.2) is 35.3 Å². The molecule has 1 fully saturated rings. The predicted molar refractivity (Wildman–Crippen MR) is 149 cm³/mol. The minimum absolute atomic E-state index is 0.00675. The van der Waals surface area contributed by atoms with Gasteiger partial charge >= 0.3 is 6.09 Å². The highest BCUT2D eigenvalue weighted by Crippen LogP contribution is 2.37. The summed E-state index contributed by atoms with van der Waals surface area (Å²) in [5.41, 5.74) is 12.2. The fourth-order valence-corrected chi connectivity index (χ4v) is 4.39. The Balaban J connectivity index is 1.72. The molecule has 0 aliphatic carbocycles. The Kier molecular flexibility index (Phi) is 9.37. The molecular weight excluding hydrogens is 508 g/mol. The number of hydrogen-bond acceptors (Lipinski definition) is 8. The fraction of sp³-hybridized carbons (Fsp3) is 0.500. The van der Waals surface area contributed by atoms with Crippen molar-refractivity contribution in [2.45, 2.75) is 52.1 Å². The number of amides is 2. The lowest BCUT2D eigenvalue weighted by molar-refractivity contribution is 0.00996. The molecule has 11 nitrogen and oxygen atoms in total. The van der Waals surface area contributed by atoms with Crippen LogP contribution < -0.4 is 22.1 Å². The van der Waals surface area contributed by atoms with Crippen molar-refractivity contribution in [2.24, 2.45) is 16.1 Å². The molecule has 0 spiro atoms. The van der Waals surface area contributed by atoms with Crippen molar-refractivity contribution in [3.63, 3.8) is 0 Å². The molecule has 1 saturated heterocycles. The minimum atomic E-state index is -0.608. The average molecular weight is 545 g/mol. The highest BCUT2D eigenvalue weighted by molar-refractivity contribution is 6.31. The summed E-state index contributed by atoms with van der Waals surface area (Å²) in [7, 11) is 1.59. The van der Waals surface area contributed by atoms with Crippen molar-refractivity contribution in [3.8, 4) is 0 Å². The topological polar surface area (TPSA) is 161 Å². The summed E-state index contributed by atoms with van der Waals surface area (Å²) in [4.78, 5) is 39.7. The molecule has 38 heavy (non-hydrogen) atoms. The SMILES string of the molecule is CNc1nc(N)c(Cl)nc1C(=O)NC(N)=NCC1(CCc2ccccc2)CCN(C(=O)OC(C)(C)C)CC1. The highest BCUT2D eigenvalue weighted by atomic mass is 35.5. The molecule has 12 heteroatoms. The van der Waals surface area contributed by atoms with Crippen LogP contribution in [0.3, 0.4) is 0 Å². The van der Waals surface area contributed by atoms with Gasteiger partial charge in [-0.15, -0.1) is 0 Å². The van der Waals surface area contributed by atoms with Gasteiger partial charge < -0.3 is 26.4 Å². The van der Waals surface area contributed by atoms with E-state index in [1.807, 2.05) is 39.0 Å². The monoisotopic (exact) mass is 544 g/mol. The minimum Gasteiger partial charge on any atom is -0.444 e. The number of hydrogen-bond donors (Lipinski definition) is 4. The zero-order chi connectivity index (χ0) is 27.9. The molecular formula is C26H37ClN8O3. The molecule has 0 radical (unpaired) electrons. The molecule has 1 aliphatic rings. The second-order valence-electron chi connectivity index (χ2n) is 10.5. The molecule has 3 rings (SSSR count). The number of nitrogens with two attached hydrogens (primary N) is 2. The van der Waals surface area contributed by atoms with E-state index in [0.29, 0.717) is 19.6 Å². The Morgan fingerprint density at radius 3 is 2.45 bits per heavy atom. The van der Waals surface area contributed by atoms with Gasteiger partial charge in [-0.25, -0.2) is 14.8 Å². The standard InChI is InChI=1S/C26H37ClN8O3/c1-25(2,3)38-24(37)35-14-12-26(13-15-35,11-10-17-8-6-5-7-9-17)16-31-23(29)34-22(36)18-21(30-4)33-20(28)19(27)32-18/h5-9H,10-16H2,1-4H3,(H3,28,30,33)(H3,29,31,34,36). The first-order chi connectivity index (χ1) is 17.9. The number of benzene rings is 1. The molecule has 0 unspecified atom stereocenters. The summed E-state index contributed by atoms with van der Waals surface area (Å²) >= 11 is 5.95. The number of piperidine rings is 1. The summed E-state index contributed by atoms with van der Waals surface area (Å²) in [6.07, 6.45) is 2.86. The van der Waals surface area contributed by atoms with E-state index < -0.39 is 11.5 Å². The van der Waals surface area contributed by atoms with Crippen LogP contribution in [0.4, 0.5) is 16.4 Å². The molecule has 1 aliphatic heterocycles. The number of nitrogens with one attached hydrogen (secondary N) is 2. The van der Waals surface area contributed by atoms with Gasteiger partial charge in [0.25, 0.3) is 5.91 Å². The third-order valence-corrected chi connectivity index (χ3v) is 6.70.